The van der Waals surface area contributed by atoms with E-state index >= 15 is 0 Å². The average molecular weight is 462 g/mol. The summed E-state index contributed by atoms with van der Waals surface area (Å²) < 4.78 is 79.5. The largest absolute Gasteiger partial charge is 0.465 e. The molecule has 8 nitrogen and oxygen atoms in total. The first-order valence-corrected chi connectivity index (χ1v) is 9.03. The summed E-state index contributed by atoms with van der Waals surface area (Å²) in [5, 5.41) is 19.7. The molecule has 0 aliphatic rings. The number of rotatable bonds is 5. The maximum Gasteiger partial charge on any atom is 0.416 e. The van der Waals surface area contributed by atoms with Crippen LogP contribution in [0.2, 0.25) is 0 Å². The molecule has 0 atom stereocenters. The van der Waals surface area contributed by atoms with Crippen LogP contribution in [-0.2, 0) is 18.9 Å². The van der Waals surface area contributed by atoms with E-state index in [2.05, 4.69) is 20.5 Å². The molecular formula is C18H16F6N6O2. The highest BCUT2D eigenvalue weighted by Crippen LogP contribution is 2.36. The number of fused-ring (bicyclic) bond motifs is 1. The van der Waals surface area contributed by atoms with Crippen molar-refractivity contribution < 1.29 is 36.2 Å². The third-order valence-corrected chi connectivity index (χ3v) is 4.35. The molecule has 0 bridgehead atoms. The van der Waals surface area contributed by atoms with Gasteiger partial charge in [-0.3, -0.25) is 4.40 Å². The fourth-order valence-electron chi connectivity index (χ4n) is 2.95. The van der Waals surface area contributed by atoms with Crippen LogP contribution in [0.1, 0.15) is 30.5 Å². The molecule has 0 spiro atoms. The lowest BCUT2D eigenvalue weighted by Gasteiger charge is -2.20. The van der Waals surface area contributed by atoms with Crippen molar-refractivity contribution in [2.45, 2.75) is 38.8 Å². The van der Waals surface area contributed by atoms with Gasteiger partial charge in [-0.25, -0.2) is 14.7 Å². The Labute approximate surface area is 176 Å². The summed E-state index contributed by atoms with van der Waals surface area (Å²) >= 11 is 0. The molecule has 172 valence electrons. The molecule has 3 aromatic rings. The van der Waals surface area contributed by atoms with Crippen molar-refractivity contribution in [2.24, 2.45) is 0 Å². The summed E-state index contributed by atoms with van der Waals surface area (Å²) in [6, 6.07) is 0.750. The van der Waals surface area contributed by atoms with Crippen molar-refractivity contribution >= 4 is 23.5 Å². The monoisotopic (exact) mass is 462 g/mol. The smallest absolute Gasteiger partial charge is 0.416 e. The molecule has 0 saturated heterocycles. The van der Waals surface area contributed by atoms with E-state index in [4.69, 9.17) is 0 Å². The summed E-state index contributed by atoms with van der Waals surface area (Å²) in [5.74, 6) is -0.0577. The summed E-state index contributed by atoms with van der Waals surface area (Å²) in [7, 11) is 0. The SMILES string of the molecule is CC(C)N(C(=O)O)c1nnc2c(NCc3cc(C(F)(F)F)cc(C(F)(F)F)c3)nccn12. The van der Waals surface area contributed by atoms with Crippen molar-refractivity contribution in [1.82, 2.24) is 19.6 Å². The maximum absolute atomic E-state index is 13.0. The summed E-state index contributed by atoms with van der Waals surface area (Å²) in [6.07, 6.45) is -8.58. The van der Waals surface area contributed by atoms with Crippen molar-refractivity contribution in [1.29, 1.82) is 0 Å². The number of anilines is 2. The van der Waals surface area contributed by atoms with Gasteiger partial charge in [0.2, 0.25) is 11.6 Å². The van der Waals surface area contributed by atoms with Crippen molar-refractivity contribution in [2.75, 3.05) is 10.2 Å². The van der Waals surface area contributed by atoms with Crippen LogP contribution in [0.15, 0.2) is 30.6 Å². The van der Waals surface area contributed by atoms with E-state index in [1.54, 1.807) is 13.8 Å². The number of aromatic nitrogens is 4. The van der Waals surface area contributed by atoms with Crippen LogP contribution in [0, 0.1) is 0 Å². The lowest BCUT2D eigenvalue weighted by molar-refractivity contribution is -0.143. The van der Waals surface area contributed by atoms with Gasteiger partial charge in [0.15, 0.2) is 5.82 Å². The van der Waals surface area contributed by atoms with Crippen LogP contribution < -0.4 is 10.2 Å². The lowest BCUT2D eigenvalue weighted by Crippen LogP contribution is -2.37. The Balaban J connectivity index is 1.96. The molecule has 2 aromatic heterocycles. The van der Waals surface area contributed by atoms with Gasteiger partial charge in [0.25, 0.3) is 0 Å². The third-order valence-electron chi connectivity index (χ3n) is 4.35. The third kappa shape index (κ3) is 4.68. The molecule has 2 N–H and O–H groups in total. The van der Waals surface area contributed by atoms with Crippen molar-refractivity contribution in [3.8, 4) is 0 Å². The van der Waals surface area contributed by atoms with Crippen LogP contribution in [0.4, 0.5) is 42.9 Å². The van der Waals surface area contributed by atoms with Gasteiger partial charge in [0.1, 0.15) is 0 Å². The van der Waals surface area contributed by atoms with E-state index in [9.17, 15) is 36.2 Å². The molecule has 2 heterocycles. The average Bonchev–Trinajstić information content (AvgIpc) is 3.08. The maximum atomic E-state index is 13.0. The van der Waals surface area contributed by atoms with E-state index in [-0.39, 0.29) is 29.0 Å². The van der Waals surface area contributed by atoms with Gasteiger partial charge in [-0.15, -0.1) is 10.2 Å². The highest BCUT2D eigenvalue weighted by molar-refractivity contribution is 5.85. The van der Waals surface area contributed by atoms with Crippen LogP contribution >= 0.6 is 0 Å². The van der Waals surface area contributed by atoms with Gasteiger partial charge in [0, 0.05) is 25.0 Å². The minimum Gasteiger partial charge on any atom is -0.465 e. The highest BCUT2D eigenvalue weighted by atomic mass is 19.4. The number of amides is 1. The standard InChI is InChI=1S/C18H16F6N6O2/c1-9(2)30(16(31)32)15-28-27-14-13(25-3-4-29(14)15)26-8-10-5-11(17(19,20)21)7-12(6-10)18(22,23)24/h3-7,9H,8H2,1-2H3,(H,25,26)(H,31,32). The van der Waals surface area contributed by atoms with E-state index in [1.165, 1.54) is 16.8 Å². The lowest BCUT2D eigenvalue weighted by atomic mass is 10.0. The Morgan fingerprint density at radius 1 is 1.09 bits per heavy atom. The first-order chi connectivity index (χ1) is 14.8. The number of nitrogens with one attached hydrogen (secondary N) is 1. The molecule has 0 aliphatic heterocycles. The minimum absolute atomic E-state index is 0.00804. The Bertz CT molecular complexity index is 1110. The predicted octanol–water partition coefficient (Wildman–Crippen LogP) is 4.67. The second-order valence-electron chi connectivity index (χ2n) is 6.98. The molecule has 32 heavy (non-hydrogen) atoms. The minimum atomic E-state index is -4.96. The summed E-state index contributed by atoms with van der Waals surface area (Å²) in [4.78, 5) is 16.5. The number of benzene rings is 1. The molecular weight excluding hydrogens is 446 g/mol. The highest BCUT2D eigenvalue weighted by Gasteiger charge is 2.36. The summed E-state index contributed by atoms with van der Waals surface area (Å²) in [6.45, 7) is 2.79. The Kier molecular flexibility index (Phi) is 5.89. The zero-order valence-electron chi connectivity index (χ0n) is 16.5. The van der Waals surface area contributed by atoms with Gasteiger partial charge < -0.3 is 10.4 Å². The predicted molar refractivity (Wildman–Crippen MR) is 100 cm³/mol. The van der Waals surface area contributed by atoms with Crippen LogP contribution in [0.25, 0.3) is 5.65 Å². The number of carboxylic acid groups (broad SMARTS) is 1. The molecule has 0 radical (unpaired) electrons. The number of hydrogen-bond acceptors (Lipinski definition) is 5. The molecule has 1 aromatic carbocycles. The van der Waals surface area contributed by atoms with E-state index in [0.717, 1.165) is 4.90 Å². The quantitative estimate of drug-likeness (QED) is 0.536. The van der Waals surface area contributed by atoms with Gasteiger partial charge >= 0.3 is 18.4 Å². The molecule has 0 fully saturated rings. The van der Waals surface area contributed by atoms with Gasteiger partial charge in [-0.2, -0.15) is 26.3 Å². The van der Waals surface area contributed by atoms with Gasteiger partial charge in [-0.1, -0.05) is 0 Å². The second kappa shape index (κ2) is 8.16. The zero-order valence-corrected chi connectivity index (χ0v) is 16.5. The fraction of sp³-hybridized carbons (Fsp3) is 0.333. The number of carbonyl (C=O) groups is 1. The molecule has 0 unspecified atom stereocenters. The number of hydrogen-bond donors (Lipinski definition) is 2. The molecule has 0 saturated carbocycles. The Morgan fingerprint density at radius 2 is 1.69 bits per heavy atom. The Hall–Kier alpha value is -3.58. The van der Waals surface area contributed by atoms with Gasteiger partial charge in [-0.05, 0) is 37.6 Å². The van der Waals surface area contributed by atoms with Crippen LogP contribution in [0.3, 0.4) is 0 Å². The topological polar surface area (TPSA) is 95.7 Å². The van der Waals surface area contributed by atoms with Crippen molar-refractivity contribution in [3.63, 3.8) is 0 Å². The van der Waals surface area contributed by atoms with Crippen LogP contribution in [0.5, 0.6) is 0 Å². The zero-order chi connectivity index (χ0) is 23.8. The Morgan fingerprint density at radius 3 is 2.19 bits per heavy atom. The first kappa shape index (κ1) is 23.1. The molecule has 3 rings (SSSR count). The van der Waals surface area contributed by atoms with Crippen LogP contribution in [-0.4, -0.2) is 36.8 Å². The number of halogens is 6. The number of alkyl halides is 6. The second-order valence-corrected chi connectivity index (χ2v) is 6.98. The molecule has 0 aliphatic carbocycles. The van der Waals surface area contributed by atoms with Crippen molar-refractivity contribution in [3.05, 3.63) is 47.3 Å². The molecule has 1 amide bonds. The normalized spacial score (nSPS) is 12.4. The van der Waals surface area contributed by atoms with Gasteiger partial charge in [0.05, 0.1) is 11.1 Å². The fourth-order valence-corrected chi connectivity index (χ4v) is 2.95. The van der Waals surface area contributed by atoms with E-state index in [1.807, 2.05) is 0 Å². The first-order valence-electron chi connectivity index (χ1n) is 9.03. The van der Waals surface area contributed by atoms with E-state index < -0.39 is 42.2 Å². The summed E-state index contributed by atoms with van der Waals surface area (Å²) in [5.41, 5.74) is -3.12. The number of nitrogens with zero attached hydrogens (tertiary/aromatic N) is 5. The molecule has 14 heteroatoms. The van der Waals surface area contributed by atoms with E-state index in [0.29, 0.717) is 12.1 Å².